The standard InChI is InChI=1S/C26H26N2O3/c1-19(21-10-6-3-7-11-21)27-25(29)24-16-17-28(26(24)30)22-12-14-23(15-13-22)31-18-20-8-4-2-5-9-20/h2-15,19,24H,16-18H2,1H3,(H,27,29). The van der Waals surface area contributed by atoms with Crippen molar-refractivity contribution in [1.29, 1.82) is 0 Å². The highest BCUT2D eigenvalue weighted by Gasteiger charge is 2.38. The Kier molecular flexibility index (Phi) is 6.32. The summed E-state index contributed by atoms with van der Waals surface area (Å²) in [5.41, 5.74) is 2.90. The van der Waals surface area contributed by atoms with Gasteiger partial charge in [-0.15, -0.1) is 0 Å². The van der Waals surface area contributed by atoms with Crippen LogP contribution in [0.1, 0.15) is 30.5 Å². The van der Waals surface area contributed by atoms with Crippen LogP contribution in [0.2, 0.25) is 0 Å². The van der Waals surface area contributed by atoms with Gasteiger partial charge in [-0.25, -0.2) is 0 Å². The van der Waals surface area contributed by atoms with Crippen LogP contribution in [0.25, 0.3) is 0 Å². The zero-order chi connectivity index (χ0) is 21.6. The number of hydrogen-bond acceptors (Lipinski definition) is 3. The van der Waals surface area contributed by atoms with Crippen LogP contribution in [-0.4, -0.2) is 18.4 Å². The molecule has 2 unspecified atom stereocenters. The Morgan fingerprint density at radius 3 is 2.32 bits per heavy atom. The van der Waals surface area contributed by atoms with Crippen molar-refractivity contribution >= 4 is 17.5 Å². The fourth-order valence-corrected chi connectivity index (χ4v) is 3.78. The van der Waals surface area contributed by atoms with Crippen molar-refractivity contribution in [2.75, 3.05) is 11.4 Å². The summed E-state index contributed by atoms with van der Waals surface area (Å²) in [6.45, 7) is 2.95. The van der Waals surface area contributed by atoms with Crippen LogP contribution < -0.4 is 15.0 Å². The van der Waals surface area contributed by atoms with Crippen LogP contribution in [0, 0.1) is 5.92 Å². The average molecular weight is 415 g/mol. The maximum atomic E-state index is 12.9. The van der Waals surface area contributed by atoms with Gasteiger partial charge in [0.15, 0.2) is 0 Å². The number of nitrogens with zero attached hydrogens (tertiary/aromatic N) is 1. The number of carbonyl (C=O) groups excluding carboxylic acids is 2. The third kappa shape index (κ3) is 4.94. The van der Waals surface area contributed by atoms with Gasteiger partial charge in [0.25, 0.3) is 0 Å². The van der Waals surface area contributed by atoms with Gasteiger partial charge in [-0.3, -0.25) is 9.59 Å². The van der Waals surface area contributed by atoms with Crippen LogP contribution in [0.5, 0.6) is 5.75 Å². The maximum Gasteiger partial charge on any atom is 0.239 e. The van der Waals surface area contributed by atoms with Crippen molar-refractivity contribution in [2.24, 2.45) is 5.92 Å². The number of carbonyl (C=O) groups is 2. The molecule has 3 aromatic rings. The van der Waals surface area contributed by atoms with E-state index in [2.05, 4.69) is 5.32 Å². The van der Waals surface area contributed by atoms with Crippen molar-refractivity contribution < 1.29 is 14.3 Å². The fourth-order valence-electron chi connectivity index (χ4n) is 3.78. The normalized spacial score (nSPS) is 16.7. The number of amides is 2. The predicted octanol–water partition coefficient (Wildman–Crippen LogP) is 4.50. The molecular weight excluding hydrogens is 388 g/mol. The van der Waals surface area contributed by atoms with Crippen molar-refractivity contribution in [3.63, 3.8) is 0 Å². The SMILES string of the molecule is CC(NC(=O)C1CCN(c2ccc(OCc3ccccc3)cc2)C1=O)c1ccccc1. The predicted molar refractivity (Wildman–Crippen MR) is 121 cm³/mol. The lowest BCUT2D eigenvalue weighted by molar-refractivity contribution is -0.132. The van der Waals surface area contributed by atoms with Gasteiger partial charge in [-0.2, -0.15) is 0 Å². The molecule has 2 atom stereocenters. The van der Waals surface area contributed by atoms with E-state index >= 15 is 0 Å². The van der Waals surface area contributed by atoms with Gasteiger partial charge >= 0.3 is 0 Å². The lowest BCUT2D eigenvalue weighted by Crippen LogP contribution is -2.38. The van der Waals surface area contributed by atoms with Crippen LogP contribution in [-0.2, 0) is 16.2 Å². The summed E-state index contributed by atoms with van der Waals surface area (Å²) in [6, 6.07) is 27.0. The van der Waals surface area contributed by atoms with Gasteiger partial charge < -0.3 is 15.0 Å². The summed E-state index contributed by atoms with van der Waals surface area (Å²) in [6.07, 6.45) is 0.512. The molecule has 1 aliphatic rings. The molecule has 0 aliphatic carbocycles. The lowest BCUT2D eigenvalue weighted by Gasteiger charge is -2.19. The monoisotopic (exact) mass is 414 g/mol. The van der Waals surface area contributed by atoms with E-state index in [9.17, 15) is 9.59 Å². The van der Waals surface area contributed by atoms with Crippen molar-refractivity contribution in [3.05, 3.63) is 96.1 Å². The Bertz CT molecular complexity index is 1020. The molecule has 2 amide bonds. The largest absolute Gasteiger partial charge is 0.489 e. The second kappa shape index (κ2) is 9.47. The topological polar surface area (TPSA) is 58.6 Å². The maximum absolute atomic E-state index is 12.9. The molecule has 3 aromatic carbocycles. The van der Waals surface area contributed by atoms with E-state index in [1.54, 1.807) is 4.90 Å². The second-order valence-electron chi connectivity index (χ2n) is 7.74. The summed E-state index contributed by atoms with van der Waals surface area (Å²) in [7, 11) is 0. The molecule has 0 aromatic heterocycles. The van der Waals surface area contributed by atoms with Gasteiger partial charge in [0.1, 0.15) is 18.3 Å². The zero-order valence-corrected chi connectivity index (χ0v) is 17.5. The Hall–Kier alpha value is -3.60. The smallest absolute Gasteiger partial charge is 0.239 e. The molecule has 1 saturated heterocycles. The molecule has 158 valence electrons. The summed E-state index contributed by atoms with van der Waals surface area (Å²) < 4.78 is 5.81. The number of hydrogen-bond donors (Lipinski definition) is 1. The zero-order valence-electron chi connectivity index (χ0n) is 17.5. The summed E-state index contributed by atoms with van der Waals surface area (Å²) >= 11 is 0. The Labute approximate surface area is 182 Å². The molecular formula is C26H26N2O3. The minimum Gasteiger partial charge on any atom is -0.489 e. The van der Waals surface area contributed by atoms with E-state index in [0.29, 0.717) is 19.6 Å². The van der Waals surface area contributed by atoms with E-state index in [0.717, 1.165) is 22.6 Å². The first-order valence-corrected chi connectivity index (χ1v) is 10.6. The highest BCUT2D eigenvalue weighted by molar-refractivity contribution is 6.09. The van der Waals surface area contributed by atoms with Gasteiger partial charge in [0.05, 0.1) is 6.04 Å². The molecule has 31 heavy (non-hydrogen) atoms. The molecule has 1 heterocycles. The van der Waals surface area contributed by atoms with Gasteiger partial charge in [0, 0.05) is 12.2 Å². The average Bonchev–Trinajstić information content (AvgIpc) is 3.20. The lowest BCUT2D eigenvalue weighted by atomic mass is 10.0. The molecule has 0 spiro atoms. The minimum absolute atomic E-state index is 0.142. The van der Waals surface area contributed by atoms with E-state index in [4.69, 9.17) is 4.74 Å². The van der Waals surface area contributed by atoms with Crippen molar-refractivity contribution in [3.8, 4) is 5.75 Å². The van der Waals surface area contributed by atoms with Crippen molar-refractivity contribution in [1.82, 2.24) is 5.32 Å². The molecule has 1 aliphatic heterocycles. The third-order valence-corrected chi connectivity index (χ3v) is 5.58. The molecule has 0 saturated carbocycles. The first-order valence-electron chi connectivity index (χ1n) is 10.6. The summed E-state index contributed by atoms with van der Waals surface area (Å²) in [4.78, 5) is 27.3. The van der Waals surface area contributed by atoms with Gasteiger partial charge in [0.2, 0.25) is 11.8 Å². The number of rotatable bonds is 7. The number of ether oxygens (including phenoxy) is 1. The molecule has 4 rings (SSSR count). The summed E-state index contributed by atoms with van der Waals surface area (Å²) in [5, 5.41) is 2.98. The van der Waals surface area contributed by atoms with Gasteiger partial charge in [-0.05, 0) is 48.7 Å². The molecule has 5 nitrogen and oxygen atoms in total. The second-order valence-corrected chi connectivity index (χ2v) is 7.74. The Morgan fingerprint density at radius 1 is 1.00 bits per heavy atom. The first-order chi connectivity index (χ1) is 15.1. The minimum atomic E-state index is -0.653. The van der Waals surface area contributed by atoms with E-state index < -0.39 is 5.92 Å². The van der Waals surface area contributed by atoms with Crippen LogP contribution in [0.3, 0.4) is 0 Å². The molecule has 0 bridgehead atoms. The highest BCUT2D eigenvalue weighted by atomic mass is 16.5. The Balaban J connectivity index is 1.34. The fraction of sp³-hybridized carbons (Fsp3) is 0.231. The number of benzene rings is 3. The number of anilines is 1. The van der Waals surface area contributed by atoms with Crippen molar-refractivity contribution in [2.45, 2.75) is 26.0 Å². The van der Waals surface area contributed by atoms with Gasteiger partial charge in [-0.1, -0.05) is 60.7 Å². The Morgan fingerprint density at radius 2 is 1.65 bits per heavy atom. The van der Waals surface area contributed by atoms with Crippen LogP contribution >= 0.6 is 0 Å². The molecule has 1 fully saturated rings. The van der Waals surface area contributed by atoms with E-state index in [1.165, 1.54) is 0 Å². The third-order valence-electron chi connectivity index (χ3n) is 5.58. The first kappa shape index (κ1) is 20.7. The van der Waals surface area contributed by atoms with E-state index in [-0.39, 0.29) is 17.9 Å². The van der Waals surface area contributed by atoms with Crippen LogP contribution in [0.4, 0.5) is 5.69 Å². The quantitative estimate of drug-likeness (QED) is 0.579. The highest BCUT2D eigenvalue weighted by Crippen LogP contribution is 2.28. The van der Waals surface area contributed by atoms with Crippen LogP contribution in [0.15, 0.2) is 84.9 Å². The number of nitrogens with one attached hydrogen (secondary N) is 1. The molecule has 1 N–H and O–H groups in total. The summed E-state index contributed by atoms with van der Waals surface area (Å²) in [5.74, 6) is -0.284. The molecule has 5 heteroatoms. The molecule has 0 radical (unpaired) electrons. The van der Waals surface area contributed by atoms with E-state index in [1.807, 2.05) is 91.9 Å².